The fraction of sp³-hybridized carbons (Fsp3) is 0.974. The van der Waals surface area contributed by atoms with Crippen molar-refractivity contribution in [3.8, 4) is 0 Å². The molecular formula is C38H75NO8. The summed E-state index contributed by atoms with van der Waals surface area (Å²) in [6, 6.07) is -0.708. The van der Waals surface area contributed by atoms with Crippen molar-refractivity contribution in [2.75, 3.05) is 13.2 Å². The van der Waals surface area contributed by atoms with Crippen LogP contribution in [0.1, 0.15) is 181 Å². The van der Waals surface area contributed by atoms with Crippen LogP contribution >= 0.6 is 0 Å². The Morgan fingerprint density at radius 2 is 1.06 bits per heavy atom. The third-order valence-electron chi connectivity index (χ3n) is 9.71. The van der Waals surface area contributed by atoms with Crippen LogP contribution in [0.3, 0.4) is 0 Å². The van der Waals surface area contributed by atoms with Crippen LogP contribution < -0.4 is 5.32 Å². The van der Waals surface area contributed by atoms with Crippen molar-refractivity contribution in [3.05, 3.63) is 0 Å². The lowest BCUT2D eigenvalue weighted by atomic mass is 9.99. The standard InChI is InChI=1S/C38H75NO8/c1-3-5-7-9-11-13-15-16-17-18-20-22-24-26-28-34(42)39-31(30-46-38-37(45)36(44)35(43)33(29-40)47-38)32(41)27-25-23-21-19-14-12-10-8-6-4-2/h31-33,35-38,40-41,43-45H,3-30H2,1-2H3,(H,39,42)/t31-,32+,33+,35+,36?,37?,38+/m0/s1. The molecule has 1 fully saturated rings. The molecule has 1 rings (SSSR count). The summed E-state index contributed by atoms with van der Waals surface area (Å²) in [4.78, 5) is 12.9. The van der Waals surface area contributed by atoms with E-state index < -0.39 is 49.5 Å². The highest BCUT2D eigenvalue weighted by Gasteiger charge is 2.44. The van der Waals surface area contributed by atoms with E-state index in [9.17, 15) is 30.3 Å². The van der Waals surface area contributed by atoms with Crippen LogP contribution in [0.4, 0.5) is 0 Å². The van der Waals surface area contributed by atoms with Crippen molar-refractivity contribution in [2.24, 2.45) is 0 Å². The van der Waals surface area contributed by atoms with E-state index >= 15 is 0 Å². The van der Waals surface area contributed by atoms with Gasteiger partial charge in [-0.1, -0.05) is 162 Å². The lowest BCUT2D eigenvalue weighted by molar-refractivity contribution is -0.302. The van der Waals surface area contributed by atoms with Gasteiger partial charge in [0.05, 0.1) is 25.4 Å². The molecule has 9 nitrogen and oxygen atoms in total. The van der Waals surface area contributed by atoms with Crippen molar-refractivity contribution in [2.45, 2.75) is 224 Å². The Hall–Kier alpha value is -0.810. The van der Waals surface area contributed by atoms with E-state index in [0.29, 0.717) is 12.8 Å². The van der Waals surface area contributed by atoms with Crippen LogP contribution in [-0.4, -0.2) is 87.5 Å². The molecule has 280 valence electrons. The molecule has 0 radical (unpaired) electrons. The Bertz CT molecular complexity index is 711. The van der Waals surface area contributed by atoms with Gasteiger partial charge in [0.25, 0.3) is 0 Å². The van der Waals surface area contributed by atoms with Gasteiger partial charge in [-0.05, 0) is 12.8 Å². The number of carbonyl (C=O) groups excluding carboxylic acids is 1. The average molecular weight is 674 g/mol. The first-order chi connectivity index (χ1) is 22.8. The summed E-state index contributed by atoms with van der Waals surface area (Å²) in [5.74, 6) is -0.145. The third-order valence-corrected chi connectivity index (χ3v) is 9.71. The highest BCUT2D eigenvalue weighted by molar-refractivity contribution is 5.76. The molecule has 47 heavy (non-hydrogen) atoms. The fourth-order valence-corrected chi connectivity index (χ4v) is 6.45. The normalized spacial score (nSPS) is 22.7. The monoisotopic (exact) mass is 674 g/mol. The van der Waals surface area contributed by atoms with Gasteiger partial charge in [0.2, 0.25) is 5.91 Å². The van der Waals surface area contributed by atoms with Crippen molar-refractivity contribution in [1.29, 1.82) is 0 Å². The smallest absolute Gasteiger partial charge is 0.220 e. The van der Waals surface area contributed by atoms with Gasteiger partial charge in [-0.3, -0.25) is 4.79 Å². The molecule has 1 saturated heterocycles. The fourth-order valence-electron chi connectivity index (χ4n) is 6.45. The molecule has 1 amide bonds. The molecule has 1 aliphatic heterocycles. The van der Waals surface area contributed by atoms with Gasteiger partial charge < -0.3 is 40.3 Å². The van der Waals surface area contributed by atoms with Crippen LogP contribution in [0.2, 0.25) is 0 Å². The molecule has 1 heterocycles. The number of carbonyl (C=O) groups is 1. The first kappa shape index (κ1) is 44.2. The lowest BCUT2D eigenvalue weighted by Crippen LogP contribution is -2.60. The molecule has 6 N–H and O–H groups in total. The van der Waals surface area contributed by atoms with E-state index in [2.05, 4.69) is 19.2 Å². The van der Waals surface area contributed by atoms with Crippen molar-refractivity contribution in [1.82, 2.24) is 5.32 Å². The van der Waals surface area contributed by atoms with Crippen LogP contribution in [0.5, 0.6) is 0 Å². The highest BCUT2D eigenvalue weighted by Crippen LogP contribution is 2.23. The minimum Gasteiger partial charge on any atom is -0.394 e. The van der Waals surface area contributed by atoms with Gasteiger partial charge >= 0.3 is 0 Å². The summed E-state index contributed by atoms with van der Waals surface area (Å²) in [6.45, 7) is 3.80. The molecule has 0 aromatic rings. The lowest BCUT2D eigenvalue weighted by Gasteiger charge is -2.40. The van der Waals surface area contributed by atoms with E-state index in [1.54, 1.807) is 0 Å². The third kappa shape index (κ3) is 21.8. The summed E-state index contributed by atoms with van der Waals surface area (Å²) in [5, 5.41) is 54.0. The van der Waals surface area contributed by atoms with Gasteiger partial charge in [0, 0.05) is 6.42 Å². The first-order valence-electron chi connectivity index (χ1n) is 19.7. The van der Waals surface area contributed by atoms with E-state index in [4.69, 9.17) is 9.47 Å². The first-order valence-corrected chi connectivity index (χ1v) is 19.7. The molecule has 7 atom stereocenters. The molecule has 1 aliphatic rings. The number of aliphatic hydroxyl groups excluding tert-OH is 5. The Morgan fingerprint density at radius 1 is 0.638 bits per heavy atom. The Balaban J connectivity index is 2.39. The van der Waals surface area contributed by atoms with E-state index in [0.717, 1.165) is 38.5 Å². The molecule has 0 aromatic carbocycles. The molecule has 2 unspecified atom stereocenters. The molecule has 0 saturated carbocycles. The largest absolute Gasteiger partial charge is 0.394 e. The minimum absolute atomic E-state index is 0.133. The molecule has 0 spiro atoms. The maximum Gasteiger partial charge on any atom is 0.220 e. The van der Waals surface area contributed by atoms with Crippen molar-refractivity contribution < 1.29 is 39.8 Å². The number of aliphatic hydroxyl groups is 5. The number of amides is 1. The van der Waals surface area contributed by atoms with E-state index in [-0.39, 0.29) is 12.5 Å². The van der Waals surface area contributed by atoms with Crippen LogP contribution in [0, 0.1) is 0 Å². The average Bonchev–Trinajstić information content (AvgIpc) is 3.07. The number of rotatable bonds is 32. The summed E-state index contributed by atoms with van der Waals surface area (Å²) in [7, 11) is 0. The second-order valence-electron chi connectivity index (χ2n) is 14.1. The topological polar surface area (TPSA) is 149 Å². The molecule has 0 bridgehead atoms. The molecule has 0 aromatic heterocycles. The Labute approximate surface area is 287 Å². The van der Waals surface area contributed by atoms with E-state index in [1.165, 1.54) is 116 Å². The molecule has 9 heteroatoms. The maximum atomic E-state index is 12.9. The minimum atomic E-state index is -1.55. The molecule has 0 aliphatic carbocycles. The zero-order chi connectivity index (χ0) is 34.5. The van der Waals surface area contributed by atoms with Crippen LogP contribution in [0.25, 0.3) is 0 Å². The van der Waals surface area contributed by atoms with Crippen LogP contribution in [-0.2, 0) is 14.3 Å². The summed E-state index contributed by atoms with van der Waals surface area (Å²) < 4.78 is 11.2. The Morgan fingerprint density at radius 3 is 1.51 bits per heavy atom. The summed E-state index contributed by atoms with van der Waals surface area (Å²) in [5.41, 5.74) is 0. The van der Waals surface area contributed by atoms with Gasteiger partial charge in [-0.25, -0.2) is 0 Å². The van der Waals surface area contributed by atoms with Gasteiger partial charge in [-0.2, -0.15) is 0 Å². The predicted octanol–water partition coefficient (Wildman–Crippen LogP) is 6.83. The van der Waals surface area contributed by atoms with Gasteiger partial charge in [-0.15, -0.1) is 0 Å². The summed E-state index contributed by atoms with van der Waals surface area (Å²) >= 11 is 0. The Kier molecular flexibility index (Phi) is 28.3. The second-order valence-corrected chi connectivity index (χ2v) is 14.1. The highest BCUT2D eigenvalue weighted by atomic mass is 16.7. The SMILES string of the molecule is CCCCCCCCCCCCCCCCC(=O)N[C@@H](CO[C@@H]1O[C@H](CO)[C@@H](O)C(O)C1O)[C@H](O)CCCCCCCCCCCC. The van der Waals surface area contributed by atoms with Gasteiger partial charge in [0.1, 0.15) is 24.4 Å². The quantitative estimate of drug-likeness (QED) is 0.0426. The predicted molar refractivity (Wildman–Crippen MR) is 189 cm³/mol. The zero-order valence-electron chi connectivity index (χ0n) is 30.3. The van der Waals surface area contributed by atoms with Crippen molar-refractivity contribution >= 4 is 5.91 Å². The van der Waals surface area contributed by atoms with Crippen LogP contribution in [0.15, 0.2) is 0 Å². The summed E-state index contributed by atoms with van der Waals surface area (Å²) in [6.07, 6.45) is 22.5. The number of ether oxygens (including phenoxy) is 2. The van der Waals surface area contributed by atoms with Gasteiger partial charge in [0.15, 0.2) is 6.29 Å². The van der Waals surface area contributed by atoms with E-state index in [1.807, 2.05) is 0 Å². The number of hydrogen-bond donors (Lipinski definition) is 6. The number of hydrogen-bond acceptors (Lipinski definition) is 8. The number of unbranched alkanes of at least 4 members (excludes halogenated alkanes) is 22. The second kappa shape index (κ2) is 30.1. The molecular weight excluding hydrogens is 598 g/mol. The number of nitrogens with one attached hydrogen (secondary N) is 1. The maximum absolute atomic E-state index is 12.9. The van der Waals surface area contributed by atoms with Crippen molar-refractivity contribution in [3.63, 3.8) is 0 Å². The zero-order valence-corrected chi connectivity index (χ0v) is 30.3.